The third kappa shape index (κ3) is 5.80. The van der Waals surface area contributed by atoms with Crippen molar-refractivity contribution < 1.29 is 14.3 Å². The molecule has 0 aromatic heterocycles. The van der Waals surface area contributed by atoms with Crippen LogP contribution in [0, 0.1) is 0 Å². The van der Waals surface area contributed by atoms with Gasteiger partial charge in [0.2, 0.25) is 5.91 Å². The second-order valence-corrected chi connectivity index (χ2v) is 6.47. The van der Waals surface area contributed by atoms with E-state index in [4.69, 9.17) is 21.1 Å². The molecule has 0 saturated carbocycles. The van der Waals surface area contributed by atoms with Gasteiger partial charge in [0.1, 0.15) is 0 Å². The van der Waals surface area contributed by atoms with E-state index in [9.17, 15) is 4.79 Å². The Bertz CT molecular complexity index is 777. The number of anilines is 1. The molecule has 0 saturated heterocycles. The molecule has 0 spiro atoms. The van der Waals surface area contributed by atoms with E-state index in [1.165, 1.54) is 6.08 Å². The van der Waals surface area contributed by atoms with Gasteiger partial charge >= 0.3 is 0 Å². The number of carbonyl (C=O) groups is 1. The van der Waals surface area contributed by atoms with Gasteiger partial charge in [-0.1, -0.05) is 24.6 Å². The highest BCUT2D eigenvalue weighted by atomic mass is 79.9. The normalized spacial score (nSPS) is 10.7. The molecule has 0 unspecified atom stereocenters. The van der Waals surface area contributed by atoms with Crippen molar-refractivity contribution in [1.82, 2.24) is 0 Å². The van der Waals surface area contributed by atoms with Crippen LogP contribution in [0.3, 0.4) is 0 Å². The minimum Gasteiger partial charge on any atom is -0.493 e. The highest BCUT2D eigenvalue weighted by Gasteiger charge is 2.05. The highest BCUT2D eigenvalue weighted by molar-refractivity contribution is 9.10. The topological polar surface area (TPSA) is 47.6 Å². The first-order chi connectivity index (χ1) is 12.0. The lowest BCUT2D eigenvalue weighted by atomic mass is 10.2. The van der Waals surface area contributed by atoms with Gasteiger partial charge in [0.15, 0.2) is 11.5 Å². The number of amides is 1. The fourth-order valence-corrected chi connectivity index (χ4v) is 2.48. The van der Waals surface area contributed by atoms with Crippen molar-refractivity contribution in [3.05, 3.63) is 57.5 Å². The molecule has 6 heteroatoms. The van der Waals surface area contributed by atoms with Gasteiger partial charge in [0.05, 0.1) is 18.7 Å². The molecule has 0 aliphatic carbocycles. The summed E-state index contributed by atoms with van der Waals surface area (Å²) < 4.78 is 11.7. The van der Waals surface area contributed by atoms with Crippen LogP contribution in [-0.4, -0.2) is 19.6 Å². The fourth-order valence-electron chi connectivity index (χ4n) is 2.05. The van der Waals surface area contributed by atoms with E-state index < -0.39 is 0 Å². The molecule has 132 valence electrons. The van der Waals surface area contributed by atoms with Gasteiger partial charge in [-0.05, 0) is 64.3 Å². The molecule has 0 atom stereocenters. The zero-order chi connectivity index (χ0) is 18.2. The summed E-state index contributed by atoms with van der Waals surface area (Å²) in [6.45, 7) is 2.67. The lowest BCUT2D eigenvalue weighted by molar-refractivity contribution is -0.111. The Kier molecular flexibility index (Phi) is 7.34. The van der Waals surface area contributed by atoms with Crippen molar-refractivity contribution in [2.24, 2.45) is 0 Å². The van der Waals surface area contributed by atoms with Gasteiger partial charge in [0.25, 0.3) is 0 Å². The van der Waals surface area contributed by atoms with Crippen LogP contribution in [0.15, 0.2) is 46.9 Å². The quantitative estimate of drug-likeness (QED) is 0.593. The number of benzene rings is 2. The molecule has 0 aliphatic rings. The standard InChI is InChI=1S/C19H19BrClNO3/c1-3-10-25-17-8-4-13(11-18(17)24-2)5-9-19(23)22-14-6-7-15(20)16(21)12-14/h4-9,11-12H,3,10H2,1-2H3,(H,22,23)/b9-5+. The Morgan fingerprint density at radius 1 is 1.24 bits per heavy atom. The highest BCUT2D eigenvalue weighted by Crippen LogP contribution is 2.29. The molecular weight excluding hydrogens is 406 g/mol. The zero-order valence-electron chi connectivity index (χ0n) is 14.0. The van der Waals surface area contributed by atoms with Crippen LogP contribution in [0.25, 0.3) is 6.08 Å². The summed E-state index contributed by atoms with van der Waals surface area (Å²) in [5.74, 6) is 1.08. The predicted molar refractivity (Wildman–Crippen MR) is 106 cm³/mol. The minimum absolute atomic E-state index is 0.247. The molecule has 1 amide bonds. The van der Waals surface area contributed by atoms with E-state index in [0.717, 1.165) is 16.5 Å². The second-order valence-electron chi connectivity index (χ2n) is 5.21. The van der Waals surface area contributed by atoms with Crippen molar-refractivity contribution in [3.63, 3.8) is 0 Å². The number of hydrogen-bond donors (Lipinski definition) is 1. The molecule has 0 bridgehead atoms. The number of nitrogens with one attached hydrogen (secondary N) is 1. The lowest BCUT2D eigenvalue weighted by Crippen LogP contribution is -2.07. The molecule has 2 aromatic carbocycles. The molecule has 4 nitrogen and oxygen atoms in total. The summed E-state index contributed by atoms with van der Waals surface area (Å²) in [6, 6.07) is 10.8. The minimum atomic E-state index is -0.247. The molecule has 0 heterocycles. The van der Waals surface area contributed by atoms with Crippen LogP contribution in [0.5, 0.6) is 11.5 Å². The van der Waals surface area contributed by atoms with Crippen molar-refractivity contribution in [1.29, 1.82) is 0 Å². The second kappa shape index (κ2) is 9.49. The molecular formula is C19H19BrClNO3. The first kappa shape index (κ1) is 19.3. The number of ether oxygens (including phenoxy) is 2. The Balaban J connectivity index is 2.04. The summed E-state index contributed by atoms with van der Waals surface area (Å²) in [4.78, 5) is 12.0. The van der Waals surface area contributed by atoms with Crippen LogP contribution in [-0.2, 0) is 4.79 Å². The van der Waals surface area contributed by atoms with Crippen LogP contribution >= 0.6 is 27.5 Å². The number of hydrogen-bond acceptors (Lipinski definition) is 3. The molecule has 0 fully saturated rings. The van der Waals surface area contributed by atoms with Gasteiger partial charge in [-0.2, -0.15) is 0 Å². The van der Waals surface area contributed by atoms with E-state index in [0.29, 0.717) is 28.8 Å². The number of carbonyl (C=O) groups excluding carboxylic acids is 1. The summed E-state index contributed by atoms with van der Waals surface area (Å²) in [7, 11) is 1.59. The van der Waals surface area contributed by atoms with E-state index >= 15 is 0 Å². The zero-order valence-corrected chi connectivity index (χ0v) is 16.4. The lowest BCUT2D eigenvalue weighted by Gasteiger charge is -2.10. The monoisotopic (exact) mass is 423 g/mol. The average molecular weight is 425 g/mol. The van der Waals surface area contributed by atoms with Crippen LogP contribution < -0.4 is 14.8 Å². The van der Waals surface area contributed by atoms with Gasteiger partial charge < -0.3 is 14.8 Å². The Labute approximate surface area is 160 Å². The summed E-state index contributed by atoms with van der Waals surface area (Å²) >= 11 is 9.32. The molecule has 1 N–H and O–H groups in total. The molecule has 25 heavy (non-hydrogen) atoms. The maximum absolute atomic E-state index is 12.0. The van der Waals surface area contributed by atoms with Gasteiger partial charge in [-0.3, -0.25) is 4.79 Å². The van der Waals surface area contributed by atoms with Crippen molar-refractivity contribution >= 4 is 45.2 Å². The maximum atomic E-state index is 12.0. The van der Waals surface area contributed by atoms with Gasteiger partial charge in [-0.25, -0.2) is 0 Å². The van der Waals surface area contributed by atoms with E-state index in [-0.39, 0.29) is 5.91 Å². The molecule has 0 radical (unpaired) electrons. The smallest absolute Gasteiger partial charge is 0.248 e. The van der Waals surface area contributed by atoms with Crippen LogP contribution in [0.2, 0.25) is 5.02 Å². The van der Waals surface area contributed by atoms with Crippen molar-refractivity contribution in [2.75, 3.05) is 19.0 Å². The van der Waals surface area contributed by atoms with E-state index in [1.54, 1.807) is 31.4 Å². The Morgan fingerprint density at radius 3 is 2.72 bits per heavy atom. The fraction of sp³-hybridized carbons (Fsp3) is 0.211. The maximum Gasteiger partial charge on any atom is 0.248 e. The van der Waals surface area contributed by atoms with E-state index in [1.807, 2.05) is 25.1 Å². The first-order valence-corrected chi connectivity index (χ1v) is 8.95. The SMILES string of the molecule is CCCOc1ccc(/C=C/C(=O)Nc2ccc(Br)c(Cl)c2)cc1OC. The van der Waals surface area contributed by atoms with Crippen molar-refractivity contribution in [3.8, 4) is 11.5 Å². The Hall–Kier alpha value is -1.98. The summed E-state index contributed by atoms with van der Waals surface area (Å²) in [5.41, 5.74) is 1.47. The number of methoxy groups -OCH3 is 1. The van der Waals surface area contributed by atoms with E-state index in [2.05, 4.69) is 21.2 Å². The number of rotatable bonds is 7. The van der Waals surface area contributed by atoms with Gasteiger partial charge in [0, 0.05) is 16.2 Å². The average Bonchev–Trinajstić information content (AvgIpc) is 2.61. The van der Waals surface area contributed by atoms with Crippen molar-refractivity contribution in [2.45, 2.75) is 13.3 Å². The Morgan fingerprint density at radius 2 is 2.04 bits per heavy atom. The van der Waals surface area contributed by atoms with Crippen LogP contribution in [0.1, 0.15) is 18.9 Å². The predicted octanol–water partition coefficient (Wildman–Crippen LogP) is 5.55. The van der Waals surface area contributed by atoms with Gasteiger partial charge in [-0.15, -0.1) is 0 Å². The summed E-state index contributed by atoms with van der Waals surface area (Å²) in [6.07, 6.45) is 4.09. The third-order valence-corrected chi connectivity index (χ3v) is 4.50. The number of halogens is 2. The summed E-state index contributed by atoms with van der Waals surface area (Å²) in [5, 5.41) is 3.30. The third-order valence-electron chi connectivity index (χ3n) is 3.26. The molecule has 2 aromatic rings. The largest absolute Gasteiger partial charge is 0.493 e. The first-order valence-electron chi connectivity index (χ1n) is 7.78. The molecule has 0 aliphatic heterocycles. The molecule has 2 rings (SSSR count). The van der Waals surface area contributed by atoms with Crippen LogP contribution in [0.4, 0.5) is 5.69 Å².